The Morgan fingerprint density at radius 2 is 1.67 bits per heavy atom. The highest BCUT2D eigenvalue weighted by Crippen LogP contribution is 2.16. The molecule has 0 radical (unpaired) electrons. The molecule has 0 amide bonds. The quantitative estimate of drug-likeness (QED) is 0.739. The lowest BCUT2D eigenvalue weighted by Gasteiger charge is -2.00. The van der Waals surface area contributed by atoms with Gasteiger partial charge >= 0.3 is 0 Å². The molecular formula is C15H12F2O. The van der Waals surface area contributed by atoms with Crippen molar-refractivity contribution in [3.8, 4) is 5.75 Å². The van der Waals surface area contributed by atoms with Gasteiger partial charge in [0.15, 0.2) is 0 Å². The van der Waals surface area contributed by atoms with Gasteiger partial charge in [-0.3, -0.25) is 0 Å². The highest BCUT2D eigenvalue weighted by atomic mass is 19.1. The molecule has 0 atom stereocenters. The number of benzene rings is 2. The molecule has 92 valence electrons. The fraction of sp³-hybridized carbons (Fsp3) is 0.0667. The predicted octanol–water partition coefficient (Wildman–Crippen LogP) is 4.14. The molecule has 0 spiro atoms. The molecule has 0 aromatic heterocycles. The molecule has 0 heterocycles. The highest BCUT2D eigenvalue weighted by Gasteiger charge is 1.99. The number of methoxy groups -OCH3 is 1. The Hall–Kier alpha value is -2.16. The van der Waals surface area contributed by atoms with E-state index in [1.807, 2.05) is 24.3 Å². The maximum atomic E-state index is 13.4. The molecular weight excluding hydrogens is 234 g/mol. The van der Waals surface area contributed by atoms with E-state index in [9.17, 15) is 8.78 Å². The molecule has 2 aromatic rings. The second-order valence-corrected chi connectivity index (χ2v) is 3.77. The Bertz CT molecular complexity index is 559. The summed E-state index contributed by atoms with van der Waals surface area (Å²) in [5.74, 6) is -0.143. The van der Waals surface area contributed by atoms with Crippen molar-refractivity contribution in [3.05, 3.63) is 65.2 Å². The van der Waals surface area contributed by atoms with Crippen LogP contribution in [0.1, 0.15) is 11.1 Å². The second-order valence-electron chi connectivity index (χ2n) is 3.77. The summed E-state index contributed by atoms with van der Waals surface area (Å²) < 4.78 is 31.3. The molecule has 3 heteroatoms. The van der Waals surface area contributed by atoms with Crippen molar-refractivity contribution in [3.63, 3.8) is 0 Å². The first-order valence-electron chi connectivity index (χ1n) is 5.46. The van der Waals surface area contributed by atoms with Crippen molar-refractivity contribution < 1.29 is 13.5 Å². The highest BCUT2D eigenvalue weighted by molar-refractivity contribution is 5.70. The summed E-state index contributed by atoms with van der Waals surface area (Å²) in [5.41, 5.74) is 1.12. The SMILES string of the molecule is COc1ccc(C=Cc2cc(F)ccc2F)cc1. The maximum absolute atomic E-state index is 13.4. The molecule has 0 saturated heterocycles. The van der Waals surface area contributed by atoms with E-state index in [0.717, 1.165) is 29.5 Å². The van der Waals surface area contributed by atoms with Crippen LogP contribution in [0, 0.1) is 11.6 Å². The molecule has 2 rings (SSSR count). The van der Waals surface area contributed by atoms with Crippen LogP contribution in [0.2, 0.25) is 0 Å². The number of halogens is 2. The summed E-state index contributed by atoms with van der Waals surface area (Å²) in [4.78, 5) is 0. The first kappa shape index (κ1) is 12.3. The Labute approximate surface area is 104 Å². The van der Waals surface area contributed by atoms with Crippen LogP contribution < -0.4 is 4.74 Å². The largest absolute Gasteiger partial charge is 0.497 e. The van der Waals surface area contributed by atoms with E-state index >= 15 is 0 Å². The van der Waals surface area contributed by atoms with Crippen LogP contribution in [-0.4, -0.2) is 7.11 Å². The van der Waals surface area contributed by atoms with Gasteiger partial charge in [-0.1, -0.05) is 24.3 Å². The number of hydrogen-bond acceptors (Lipinski definition) is 1. The molecule has 2 aromatic carbocycles. The van der Waals surface area contributed by atoms with E-state index in [0.29, 0.717) is 0 Å². The van der Waals surface area contributed by atoms with Crippen molar-refractivity contribution >= 4 is 12.2 Å². The van der Waals surface area contributed by atoms with E-state index in [2.05, 4.69) is 0 Å². The summed E-state index contributed by atoms with van der Waals surface area (Å²) in [6.45, 7) is 0. The first-order chi connectivity index (χ1) is 8.69. The van der Waals surface area contributed by atoms with Gasteiger partial charge in [-0.15, -0.1) is 0 Å². The van der Waals surface area contributed by atoms with Crippen LogP contribution in [0.4, 0.5) is 8.78 Å². The lowest BCUT2D eigenvalue weighted by molar-refractivity contribution is 0.415. The Morgan fingerprint density at radius 3 is 2.33 bits per heavy atom. The first-order valence-corrected chi connectivity index (χ1v) is 5.46. The monoisotopic (exact) mass is 246 g/mol. The minimum atomic E-state index is -0.453. The smallest absolute Gasteiger partial charge is 0.130 e. The van der Waals surface area contributed by atoms with Crippen LogP contribution >= 0.6 is 0 Å². The molecule has 0 bridgehead atoms. The molecule has 18 heavy (non-hydrogen) atoms. The maximum Gasteiger partial charge on any atom is 0.130 e. The second kappa shape index (κ2) is 5.45. The molecule has 0 N–H and O–H groups in total. The fourth-order valence-corrected chi connectivity index (χ4v) is 1.54. The molecule has 0 aliphatic heterocycles. The average molecular weight is 246 g/mol. The summed E-state index contributed by atoms with van der Waals surface area (Å²) in [5, 5.41) is 0. The molecule has 0 saturated carbocycles. The van der Waals surface area contributed by atoms with E-state index in [1.165, 1.54) is 0 Å². The van der Waals surface area contributed by atoms with E-state index in [-0.39, 0.29) is 5.56 Å². The fourth-order valence-electron chi connectivity index (χ4n) is 1.54. The minimum Gasteiger partial charge on any atom is -0.497 e. The van der Waals surface area contributed by atoms with Crippen molar-refractivity contribution in [2.75, 3.05) is 7.11 Å². The van der Waals surface area contributed by atoms with Gasteiger partial charge in [-0.25, -0.2) is 8.78 Å². The summed E-state index contributed by atoms with van der Waals surface area (Å²) >= 11 is 0. The topological polar surface area (TPSA) is 9.23 Å². The van der Waals surface area contributed by atoms with E-state index in [4.69, 9.17) is 4.74 Å². The third kappa shape index (κ3) is 2.94. The summed E-state index contributed by atoms with van der Waals surface area (Å²) in [6.07, 6.45) is 3.26. The van der Waals surface area contributed by atoms with Gasteiger partial charge in [0.2, 0.25) is 0 Å². The Morgan fingerprint density at radius 1 is 0.944 bits per heavy atom. The van der Waals surface area contributed by atoms with Crippen molar-refractivity contribution in [1.29, 1.82) is 0 Å². The zero-order chi connectivity index (χ0) is 13.0. The third-order valence-corrected chi connectivity index (χ3v) is 2.53. The van der Waals surface area contributed by atoms with Gasteiger partial charge in [-0.2, -0.15) is 0 Å². The average Bonchev–Trinajstić information content (AvgIpc) is 2.40. The summed E-state index contributed by atoms with van der Waals surface area (Å²) in [7, 11) is 1.59. The molecule has 0 aliphatic carbocycles. The lowest BCUT2D eigenvalue weighted by Crippen LogP contribution is -1.84. The van der Waals surface area contributed by atoms with Crippen LogP contribution in [0.5, 0.6) is 5.75 Å². The molecule has 0 aliphatic rings. The Balaban J connectivity index is 2.21. The van der Waals surface area contributed by atoms with Gasteiger partial charge in [0.05, 0.1) is 7.11 Å². The third-order valence-electron chi connectivity index (χ3n) is 2.53. The van der Waals surface area contributed by atoms with Gasteiger partial charge < -0.3 is 4.74 Å². The van der Waals surface area contributed by atoms with Gasteiger partial charge in [-0.05, 0) is 35.9 Å². The molecule has 0 fully saturated rings. The van der Waals surface area contributed by atoms with Crippen LogP contribution in [0.25, 0.3) is 12.2 Å². The predicted molar refractivity (Wildman–Crippen MR) is 68.3 cm³/mol. The van der Waals surface area contributed by atoms with Crippen LogP contribution in [-0.2, 0) is 0 Å². The number of ether oxygens (including phenoxy) is 1. The van der Waals surface area contributed by atoms with Crippen LogP contribution in [0.15, 0.2) is 42.5 Å². The minimum absolute atomic E-state index is 0.228. The van der Waals surface area contributed by atoms with Gasteiger partial charge in [0, 0.05) is 5.56 Å². The molecule has 1 nitrogen and oxygen atoms in total. The normalized spacial score (nSPS) is 10.8. The lowest BCUT2D eigenvalue weighted by atomic mass is 10.1. The summed E-state index contributed by atoms with van der Waals surface area (Å²) in [6, 6.07) is 10.7. The van der Waals surface area contributed by atoms with Crippen molar-refractivity contribution in [1.82, 2.24) is 0 Å². The van der Waals surface area contributed by atoms with Gasteiger partial charge in [0.25, 0.3) is 0 Å². The molecule has 0 unspecified atom stereocenters. The van der Waals surface area contributed by atoms with Crippen molar-refractivity contribution in [2.45, 2.75) is 0 Å². The Kier molecular flexibility index (Phi) is 3.72. The number of rotatable bonds is 3. The number of hydrogen-bond donors (Lipinski definition) is 0. The zero-order valence-electron chi connectivity index (χ0n) is 9.86. The van der Waals surface area contributed by atoms with E-state index in [1.54, 1.807) is 19.3 Å². The van der Waals surface area contributed by atoms with Crippen molar-refractivity contribution in [2.24, 2.45) is 0 Å². The van der Waals surface area contributed by atoms with E-state index < -0.39 is 11.6 Å². The zero-order valence-corrected chi connectivity index (χ0v) is 9.86. The standard InChI is InChI=1S/C15H12F2O/c1-18-14-7-3-11(4-8-14)2-5-12-10-13(16)6-9-15(12)17/h2-10H,1H3. The van der Waals surface area contributed by atoms with Gasteiger partial charge in [0.1, 0.15) is 17.4 Å². The van der Waals surface area contributed by atoms with Crippen LogP contribution in [0.3, 0.4) is 0 Å².